The summed E-state index contributed by atoms with van der Waals surface area (Å²) in [5.74, 6) is 0.134. The van der Waals surface area contributed by atoms with E-state index in [1.165, 1.54) is 0 Å². The summed E-state index contributed by atoms with van der Waals surface area (Å²) in [7, 11) is 0. The van der Waals surface area contributed by atoms with Crippen LogP contribution in [0.2, 0.25) is 0 Å². The first-order valence-corrected chi connectivity index (χ1v) is 6.06. The topological polar surface area (TPSA) is 52.3 Å². The number of hydrogen-bond acceptors (Lipinski definition) is 3. The van der Waals surface area contributed by atoms with Gasteiger partial charge in [-0.3, -0.25) is 4.79 Å². The van der Waals surface area contributed by atoms with Crippen LogP contribution in [0.1, 0.15) is 24.0 Å². The number of Topliss-reactive ketones (excluding diaryl/α,β-unsaturated/α-hetero) is 1. The van der Waals surface area contributed by atoms with E-state index in [2.05, 4.69) is 0 Å². The Balaban J connectivity index is 2.08. The van der Waals surface area contributed by atoms with Crippen molar-refractivity contribution in [2.45, 2.75) is 31.7 Å². The minimum atomic E-state index is -0.680. The van der Waals surface area contributed by atoms with E-state index in [0.29, 0.717) is 32.5 Å². The molecule has 1 aromatic rings. The second kappa shape index (κ2) is 4.98. The highest BCUT2D eigenvalue weighted by molar-refractivity contribution is 5.90. The van der Waals surface area contributed by atoms with Crippen molar-refractivity contribution in [1.29, 1.82) is 0 Å². The van der Waals surface area contributed by atoms with Crippen molar-refractivity contribution in [2.24, 2.45) is 5.73 Å². The fraction of sp³-hybridized carbons (Fsp3) is 0.500. The number of benzene rings is 1. The van der Waals surface area contributed by atoms with Crippen LogP contribution < -0.4 is 5.73 Å². The average molecular weight is 233 g/mol. The van der Waals surface area contributed by atoms with Gasteiger partial charge in [0.05, 0.1) is 5.54 Å². The van der Waals surface area contributed by atoms with E-state index >= 15 is 0 Å². The zero-order chi connectivity index (χ0) is 12.3. The number of carbonyl (C=O) groups excluding carboxylic acids is 1. The Kier molecular flexibility index (Phi) is 3.60. The normalized spacial score (nSPS) is 18.9. The van der Waals surface area contributed by atoms with Crippen LogP contribution in [-0.4, -0.2) is 24.5 Å². The molecule has 1 saturated heterocycles. The fourth-order valence-electron chi connectivity index (χ4n) is 2.17. The molecule has 0 aliphatic carbocycles. The van der Waals surface area contributed by atoms with Gasteiger partial charge >= 0.3 is 0 Å². The van der Waals surface area contributed by atoms with Gasteiger partial charge < -0.3 is 10.5 Å². The Labute approximate surface area is 102 Å². The lowest BCUT2D eigenvalue weighted by molar-refractivity contribution is -0.126. The van der Waals surface area contributed by atoms with Crippen molar-refractivity contribution in [3.8, 4) is 0 Å². The highest BCUT2D eigenvalue weighted by atomic mass is 16.5. The van der Waals surface area contributed by atoms with Gasteiger partial charge in [0.2, 0.25) is 0 Å². The molecule has 0 amide bonds. The van der Waals surface area contributed by atoms with E-state index in [1.54, 1.807) is 0 Å². The van der Waals surface area contributed by atoms with Gasteiger partial charge in [0.1, 0.15) is 0 Å². The monoisotopic (exact) mass is 233 g/mol. The molecule has 3 nitrogen and oxygen atoms in total. The lowest BCUT2D eigenvalue weighted by Gasteiger charge is -2.32. The summed E-state index contributed by atoms with van der Waals surface area (Å²) in [4.78, 5) is 12.3. The van der Waals surface area contributed by atoms with Crippen molar-refractivity contribution >= 4 is 5.78 Å². The first-order chi connectivity index (χ1) is 8.12. The standard InChI is InChI=1S/C14H19NO2/c1-11-4-2-3-5-12(11)10-13(16)14(15)6-8-17-9-7-14/h2-5H,6-10,15H2,1H3. The molecular weight excluding hydrogens is 214 g/mol. The molecular formula is C14H19NO2. The first-order valence-electron chi connectivity index (χ1n) is 6.06. The Morgan fingerprint density at radius 2 is 2.00 bits per heavy atom. The maximum absolute atomic E-state index is 12.3. The van der Waals surface area contributed by atoms with Crippen LogP contribution in [0.3, 0.4) is 0 Å². The summed E-state index contributed by atoms with van der Waals surface area (Å²) in [6.45, 7) is 3.21. The number of ketones is 1. The van der Waals surface area contributed by atoms with Crippen LogP contribution in [0.4, 0.5) is 0 Å². The van der Waals surface area contributed by atoms with Crippen molar-refractivity contribution in [2.75, 3.05) is 13.2 Å². The number of nitrogens with two attached hydrogens (primary N) is 1. The molecule has 92 valence electrons. The van der Waals surface area contributed by atoms with Crippen molar-refractivity contribution in [3.63, 3.8) is 0 Å². The SMILES string of the molecule is Cc1ccccc1CC(=O)C1(N)CCOCC1. The van der Waals surface area contributed by atoms with Gasteiger partial charge in [-0.2, -0.15) is 0 Å². The lowest BCUT2D eigenvalue weighted by atomic mass is 9.83. The van der Waals surface area contributed by atoms with E-state index in [-0.39, 0.29) is 5.78 Å². The highest BCUT2D eigenvalue weighted by Crippen LogP contribution is 2.21. The van der Waals surface area contributed by atoms with E-state index in [1.807, 2.05) is 31.2 Å². The zero-order valence-corrected chi connectivity index (χ0v) is 10.2. The number of ether oxygens (including phenoxy) is 1. The van der Waals surface area contributed by atoms with Gasteiger partial charge in [-0.1, -0.05) is 24.3 Å². The molecule has 0 radical (unpaired) electrons. The summed E-state index contributed by atoms with van der Waals surface area (Å²) in [6, 6.07) is 7.96. The fourth-order valence-corrected chi connectivity index (χ4v) is 2.17. The molecule has 0 spiro atoms. The van der Waals surface area contributed by atoms with Crippen LogP contribution in [0, 0.1) is 6.92 Å². The van der Waals surface area contributed by atoms with Crippen LogP contribution in [-0.2, 0) is 16.0 Å². The number of carbonyl (C=O) groups is 1. The minimum absolute atomic E-state index is 0.134. The Bertz CT molecular complexity index is 408. The first kappa shape index (κ1) is 12.3. The van der Waals surface area contributed by atoms with E-state index in [9.17, 15) is 4.79 Å². The molecule has 1 aromatic carbocycles. The van der Waals surface area contributed by atoms with E-state index in [4.69, 9.17) is 10.5 Å². The number of hydrogen-bond donors (Lipinski definition) is 1. The van der Waals surface area contributed by atoms with Crippen molar-refractivity contribution in [3.05, 3.63) is 35.4 Å². The molecule has 1 aliphatic rings. The van der Waals surface area contributed by atoms with Gasteiger partial charge in [0.25, 0.3) is 0 Å². The van der Waals surface area contributed by atoms with Gasteiger partial charge in [-0.15, -0.1) is 0 Å². The second-order valence-corrected chi connectivity index (χ2v) is 4.79. The average Bonchev–Trinajstić information content (AvgIpc) is 2.33. The van der Waals surface area contributed by atoms with E-state index in [0.717, 1.165) is 11.1 Å². The Morgan fingerprint density at radius 3 is 2.65 bits per heavy atom. The van der Waals surface area contributed by atoms with Gasteiger partial charge in [-0.25, -0.2) is 0 Å². The summed E-state index contributed by atoms with van der Waals surface area (Å²) >= 11 is 0. The van der Waals surface area contributed by atoms with Crippen LogP contribution in [0.5, 0.6) is 0 Å². The van der Waals surface area contributed by atoms with Crippen molar-refractivity contribution in [1.82, 2.24) is 0 Å². The smallest absolute Gasteiger partial charge is 0.157 e. The molecule has 17 heavy (non-hydrogen) atoms. The molecule has 3 heteroatoms. The lowest BCUT2D eigenvalue weighted by Crippen LogP contribution is -2.52. The third kappa shape index (κ3) is 2.73. The summed E-state index contributed by atoms with van der Waals surface area (Å²) in [5.41, 5.74) is 7.72. The molecule has 1 heterocycles. The quantitative estimate of drug-likeness (QED) is 0.863. The number of aryl methyl sites for hydroxylation is 1. The third-order valence-electron chi connectivity index (χ3n) is 3.55. The summed E-state index contributed by atoms with van der Waals surface area (Å²) in [5, 5.41) is 0. The van der Waals surface area contributed by atoms with Crippen molar-refractivity contribution < 1.29 is 9.53 Å². The molecule has 0 atom stereocenters. The van der Waals surface area contributed by atoms with Gasteiger partial charge in [0.15, 0.2) is 5.78 Å². The molecule has 0 unspecified atom stereocenters. The zero-order valence-electron chi connectivity index (χ0n) is 10.2. The third-order valence-corrected chi connectivity index (χ3v) is 3.55. The van der Waals surface area contributed by atoms with E-state index < -0.39 is 5.54 Å². The molecule has 0 aromatic heterocycles. The van der Waals surface area contributed by atoms with Gasteiger partial charge in [0, 0.05) is 19.6 Å². The predicted molar refractivity (Wildman–Crippen MR) is 66.9 cm³/mol. The van der Waals surface area contributed by atoms with Crippen LogP contribution in [0.25, 0.3) is 0 Å². The van der Waals surface area contributed by atoms with Crippen LogP contribution in [0.15, 0.2) is 24.3 Å². The summed E-state index contributed by atoms with van der Waals surface area (Å²) in [6.07, 6.45) is 1.71. The Morgan fingerprint density at radius 1 is 1.35 bits per heavy atom. The van der Waals surface area contributed by atoms with Crippen LogP contribution >= 0.6 is 0 Å². The molecule has 2 rings (SSSR count). The molecule has 0 bridgehead atoms. The molecule has 2 N–H and O–H groups in total. The summed E-state index contributed by atoms with van der Waals surface area (Å²) < 4.78 is 5.26. The molecule has 0 saturated carbocycles. The second-order valence-electron chi connectivity index (χ2n) is 4.79. The minimum Gasteiger partial charge on any atom is -0.381 e. The Hall–Kier alpha value is -1.19. The molecule has 1 fully saturated rings. The number of rotatable bonds is 3. The molecule has 1 aliphatic heterocycles. The maximum atomic E-state index is 12.3. The highest BCUT2D eigenvalue weighted by Gasteiger charge is 2.35. The van der Waals surface area contributed by atoms with Gasteiger partial charge in [-0.05, 0) is 30.9 Å². The maximum Gasteiger partial charge on any atom is 0.157 e. The predicted octanol–water partition coefficient (Wildman–Crippen LogP) is 1.61. The largest absolute Gasteiger partial charge is 0.381 e.